The van der Waals surface area contributed by atoms with Crippen molar-refractivity contribution in [2.24, 2.45) is 16.3 Å². The molecule has 0 aromatic carbocycles. The average molecular weight is 217 g/mol. The Morgan fingerprint density at radius 1 is 1.60 bits per heavy atom. The van der Waals surface area contributed by atoms with Crippen LogP contribution in [0.2, 0.25) is 0 Å². The van der Waals surface area contributed by atoms with Crippen LogP contribution < -0.4 is 11.1 Å². The highest BCUT2D eigenvalue weighted by Gasteiger charge is 2.32. The first-order chi connectivity index (χ1) is 6.96. The van der Waals surface area contributed by atoms with E-state index in [1.165, 1.54) is 0 Å². The van der Waals surface area contributed by atoms with Crippen molar-refractivity contribution < 1.29 is 14.7 Å². The number of hydrogen-bond acceptors (Lipinski definition) is 4. The Kier molecular flexibility index (Phi) is 5.69. The number of carbonyl (C=O) groups is 1. The normalized spacial score (nSPS) is 12.6. The molecule has 88 valence electrons. The second-order valence-corrected chi connectivity index (χ2v) is 3.56. The van der Waals surface area contributed by atoms with E-state index in [4.69, 9.17) is 15.7 Å². The van der Waals surface area contributed by atoms with Crippen LogP contribution in [0.4, 0.5) is 0 Å². The highest BCUT2D eigenvalue weighted by molar-refractivity contribution is 6.05. The van der Waals surface area contributed by atoms with Crippen molar-refractivity contribution in [2.45, 2.75) is 20.8 Å². The predicted octanol–water partition coefficient (Wildman–Crippen LogP) is -0.0883. The average Bonchev–Trinajstić information content (AvgIpc) is 2.22. The minimum Gasteiger partial charge on any atom is -0.409 e. The second-order valence-electron chi connectivity index (χ2n) is 3.56. The predicted molar refractivity (Wildman–Crippen MR) is 56.7 cm³/mol. The fraction of sp³-hybridized carbons (Fsp3) is 0.778. The van der Waals surface area contributed by atoms with Gasteiger partial charge in [-0.25, -0.2) is 0 Å². The summed E-state index contributed by atoms with van der Waals surface area (Å²) in [6, 6.07) is 0. The molecule has 0 aromatic rings. The standard InChI is InChI=1S/C9H19N3O3/c1-4-15-6-5-11-8(13)9(2,3)7(10)12-14/h14H,4-6H2,1-3H3,(H2,10,12)(H,11,13). The highest BCUT2D eigenvalue weighted by Crippen LogP contribution is 2.14. The number of nitrogens with one attached hydrogen (secondary N) is 1. The lowest BCUT2D eigenvalue weighted by atomic mass is 9.91. The van der Waals surface area contributed by atoms with Crippen LogP contribution in [0.25, 0.3) is 0 Å². The molecule has 0 atom stereocenters. The first-order valence-electron chi connectivity index (χ1n) is 4.80. The van der Waals surface area contributed by atoms with Crippen LogP contribution in [0.15, 0.2) is 5.16 Å². The molecule has 4 N–H and O–H groups in total. The van der Waals surface area contributed by atoms with Gasteiger partial charge in [-0.1, -0.05) is 5.16 Å². The molecular weight excluding hydrogens is 198 g/mol. The van der Waals surface area contributed by atoms with Crippen molar-refractivity contribution >= 4 is 11.7 Å². The zero-order valence-electron chi connectivity index (χ0n) is 9.41. The van der Waals surface area contributed by atoms with Gasteiger partial charge in [0.25, 0.3) is 0 Å². The monoisotopic (exact) mass is 217 g/mol. The largest absolute Gasteiger partial charge is 0.409 e. The van der Waals surface area contributed by atoms with Gasteiger partial charge in [-0.3, -0.25) is 4.79 Å². The van der Waals surface area contributed by atoms with Gasteiger partial charge in [0, 0.05) is 13.2 Å². The van der Waals surface area contributed by atoms with Crippen LogP contribution in [-0.4, -0.2) is 36.7 Å². The minimum atomic E-state index is -1.01. The second kappa shape index (κ2) is 6.23. The van der Waals surface area contributed by atoms with E-state index in [1.54, 1.807) is 13.8 Å². The van der Waals surface area contributed by atoms with E-state index in [0.29, 0.717) is 19.8 Å². The first kappa shape index (κ1) is 13.7. The van der Waals surface area contributed by atoms with Gasteiger partial charge >= 0.3 is 0 Å². The van der Waals surface area contributed by atoms with E-state index in [9.17, 15) is 4.79 Å². The van der Waals surface area contributed by atoms with Crippen molar-refractivity contribution in [1.82, 2.24) is 5.32 Å². The van der Waals surface area contributed by atoms with Crippen LogP contribution in [-0.2, 0) is 9.53 Å². The van der Waals surface area contributed by atoms with E-state index in [-0.39, 0.29) is 11.7 Å². The van der Waals surface area contributed by atoms with Crippen molar-refractivity contribution in [3.05, 3.63) is 0 Å². The number of oxime groups is 1. The molecule has 0 spiro atoms. The summed E-state index contributed by atoms with van der Waals surface area (Å²) in [5, 5.41) is 14.0. The Bertz CT molecular complexity index is 239. The van der Waals surface area contributed by atoms with Gasteiger partial charge in [-0.2, -0.15) is 0 Å². The Balaban J connectivity index is 4.09. The summed E-state index contributed by atoms with van der Waals surface area (Å²) in [5.74, 6) is -0.408. The molecule has 0 aliphatic carbocycles. The SMILES string of the molecule is CCOCCNC(=O)C(C)(C)C(N)=NO. The number of nitrogens with two attached hydrogens (primary N) is 1. The topological polar surface area (TPSA) is 96.9 Å². The summed E-state index contributed by atoms with van der Waals surface area (Å²) >= 11 is 0. The molecular formula is C9H19N3O3. The third-order valence-electron chi connectivity index (χ3n) is 2.05. The summed E-state index contributed by atoms with van der Waals surface area (Å²) in [4.78, 5) is 11.6. The molecule has 6 heteroatoms. The Hall–Kier alpha value is -1.30. The van der Waals surface area contributed by atoms with Crippen molar-refractivity contribution in [1.29, 1.82) is 0 Å². The maximum atomic E-state index is 11.6. The number of ether oxygens (including phenoxy) is 1. The summed E-state index contributed by atoms with van der Waals surface area (Å²) in [6.45, 7) is 6.51. The molecule has 0 rings (SSSR count). The van der Waals surface area contributed by atoms with E-state index in [1.807, 2.05) is 6.92 Å². The van der Waals surface area contributed by atoms with Gasteiger partial charge in [-0.15, -0.1) is 0 Å². The maximum absolute atomic E-state index is 11.6. The summed E-state index contributed by atoms with van der Waals surface area (Å²) in [7, 11) is 0. The maximum Gasteiger partial charge on any atom is 0.233 e. The van der Waals surface area contributed by atoms with E-state index in [2.05, 4.69) is 10.5 Å². The molecule has 0 fully saturated rings. The molecule has 0 aliphatic heterocycles. The van der Waals surface area contributed by atoms with Crippen molar-refractivity contribution in [3.63, 3.8) is 0 Å². The molecule has 1 amide bonds. The Labute approximate surface area is 89.5 Å². The van der Waals surface area contributed by atoms with Crippen molar-refractivity contribution in [3.8, 4) is 0 Å². The molecule has 15 heavy (non-hydrogen) atoms. The van der Waals surface area contributed by atoms with Gasteiger partial charge in [-0.05, 0) is 20.8 Å². The molecule has 0 aliphatic rings. The lowest BCUT2D eigenvalue weighted by Crippen LogP contribution is -2.46. The molecule has 0 saturated heterocycles. The fourth-order valence-electron chi connectivity index (χ4n) is 0.843. The third-order valence-corrected chi connectivity index (χ3v) is 2.05. The lowest BCUT2D eigenvalue weighted by Gasteiger charge is -2.21. The molecule has 6 nitrogen and oxygen atoms in total. The lowest BCUT2D eigenvalue weighted by molar-refractivity contribution is -0.126. The Morgan fingerprint density at radius 2 is 2.20 bits per heavy atom. The van der Waals surface area contributed by atoms with Gasteiger partial charge in [0.15, 0.2) is 5.84 Å². The van der Waals surface area contributed by atoms with Crippen molar-refractivity contribution in [2.75, 3.05) is 19.8 Å². The Morgan fingerprint density at radius 3 is 2.67 bits per heavy atom. The summed E-state index contributed by atoms with van der Waals surface area (Å²) < 4.78 is 5.06. The molecule has 0 unspecified atom stereocenters. The van der Waals surface area contributed by atoms with Crippen LogP contribution in [0.3, 0.4) is 0 Å². The molecule has 0 bridgehead atoms. The third kappa shape index (κ3) is 4.16. The van der Waals surface area contributed by atoms with E-state index >= 15 is 0 Å². The number of amidine groups is 1. The highest BCUT2D eigenvalue weighted by atomic mass is 16.5. The number of nitrogens with zero attached hydrogens (tertiary/aromatic N) is 1. The summed E-state index contributed by atoms with van der Waals surface area (Å²) in [6.07, 6.45) is 0. The smallest absolute Gasteiger partial charge is 0.233 e. The quantitative estimate of drug-likeness (QED) is 0.190. The fourth-order valence-corrected chi connectivity index (χ4v) is 0.843. The van der Waals surface area contributed by atoms with Crippen LogP contribution in [0, 0.1) is 5.41 Å². The van der Waals surface area contributed by atoms with Gasteiger partial charge in [0.1, 0.15) is 5.41 Å². The van der Waals surface area contributed by atoms with Gasteiger partial charge in [0.2, 0.25) is 5.91 Å². The zero-order valence-corrected chi connectivity index (χ0v) is 9.41. The van der Waals surface area contributed by atoms with E-state index in [0.717, 1.165) is 0 Å². The zero-order chi connectivity index (χ0) is 11.9. The van der Waals surface area contributed by atoms with Crippen LogP contribution in [0.5, 0.6) is 0 Å². The first-order valence-corrected chi connectivity index (χ1v) is 4.80. The van der Waals surface area contributed by atoms with Crippen LogP contribution in [0.1, 0.15) is 20.8 Å². The number of carbonyl (C=O) groups excluding carboxylic acids is 1. The summed E-state index contributed by atoms with van der Waals surface area (Å²) in [5.41, 5.74) is 4.38. The van der Waals surface area contributed by atoms with Gasteiger partial charge < -0.3 is 21.0 Å². The molecule has 0 radical (unpaired) electrons. The molecule has 0 saturated carbocycles. The van der Waals surface area contributed by atoms with Crippen LogP contribution >= 0.6 is 0 Å². The number of rotatable bonds is 6. The molecule has 0 aromatic heterocycles. The number of amides is 1. The number of hydrogen-bond donors (Lipinski definition) is 3. The van der Waals surface area contributed by atoms with E-state index < -0.39 is 5.41 Å². The molecule has 0 heterocycles. The van der Waals surface area contributed by atoms with Gasteiger partial charge in [0.05, 0.1) is 6.61 Å². The minimum absolute atomic E-state index is 0.114.